The number of halogens is 4. The van der Waals surface area contributed by atoms with Gasteiger partial charge in [0.1, 0.15) is 29.2 Å². The van der Waals surface area contributed by atoms with Crippen LogP contribution in [0.1, 0.15) is 5.56 Å². The molecule has 0 saturated heterocycles. The van der Waals surface area contributed by atoms with Crippen molar-refractivity contribution in [3.8, 4) is 5.75 Å². The fourth-order valence-corrected chi connectivity index (χ4v) is 3.63. The van der Waals surface area contributed by atoms with E-state index < -0.39 is 23.2 Å². The number of rotatable bonds is 9. The Morgan fingerprint density at radius 1 is 1.21 bits per heavy atom. The third kappa shape index (κ3) is 5.66. The van der Waals surface area contributed by atoms with Crippen molar-refractivity contribution in [2.75, 3.05) is 25.1 Å². The molecular weight excluding hydrogens is 475 g/mol. The molecule has 1 aliphatic carbocycles. The molecule has 1 aliphatic rings. The number of fused-ring (bicyclic) bond motifs is 1. The molecule has 4 rings (SSSR count). The average molecular weight is 496 g/mol. The first-order valence-corrected chi connectivity index (χ1v) is 10.8. The Morgan fingerprint density at radius 3 is 2.82 bits per heavy atom. The van der Waals surface area contributed by atoms with E-state index in [4.69, 9.17) is 26.2 Å². The number of allylic oxidation sites excluding steroid dienone is 1. The molecule has 12 heteroatoms. The molecule has 34 heavy (non-hydrogen) atoms. The van der Waals surface area contributed by atoms with Crippen LogP contribution < -0.4 is 10.1 Å². The van der Waals surface area contributed by atoms with E-state index in [2.05, 4.69) is 20.4 Å². The lowest BCUT2D eigenvalue weighted by molar-refractivity contribution is -0.137. The molecule has 2 unspecified atom stereocenters. The van der Waals surface area contributed by atoms with E-state index in [0.29, 0.717) is 35.7 Å². The Hall–Kier alpha value is -3.15. The summed E-state index contributed by atoms with van der Waals surface area (Å²) < 4.78 is 51.5. The first kappa shape index (κ1) is 24.0. The van der Waals surface area contributed by atoms with E-state index in [-0.39, 0.29) is 19.0 Å². The van der Waals surface area contributed by atoms with Crippen molar-refractivity contribution in [2.45, 2.75) is 24.2 Å². The van der Waals surface area contributed by atoms with Crippen molar-refractivity contribution < 1.29 is 27.8 Å². The number of anilines is 1. The van der Waals surface area contributed by atoms with Gasteiger partial charge in [-0.15, -0.1) is 11.6 Å². The van der Waals surface area contributed by atoms with Crippen molar-refractivity contribution >= 4 is 28.5 Å². The average Bonchev–Trinajstić information content (AvgIpc) is 3.22. The Morgan fingerprint density at radius 2 is 2.06 bits per heavy atom. The maximum atomic E-state index is 13.0. The largest absolute Gasteiger partial charge is 0.484 e. The van der Waals surface area contributed by atoms with Crippen molar-refractivity contribution in [1.29, 1.82) is 0 Å². The van der Waals surface area contributed by atoms with E-state index in [0.717, 1.165) is 12.1 Å². The summed E-state index contributed by atoms with van der Waals surface area (Å²) in [6.07, 6.45) is 2.98. The van der Waals surface area contributed by atoms with Gasteiger partial charge in [0.15, 0.2) is 5.82 Å². The normalized spacial score (nSPS) is 18.2. The summed E-state index contributed by atoms with van der Waals surface area (Å²) in [7, 11) is 0. The number of benzene rings is 1. The summed E-state index contributed by atoms with van der Waals surface area (Å²) >= 11 is 6.45. The van der Waals surface area contributed by atoms with Crippen LogP contribution in [-0.4, -0.2) is 56.2 Å². The molecular formula is C22H21ClF3N5O3. The van der Waals surface area contributed by atoms with Gasteiger partial charge in [0, 0.05) is 5.70 Å². The Kier molecular flexibility index (Phi) is 7.35. The van der Waals surface area contributed by atoms with E-state index in [1.54, 1.807) is 29.1 Å². The second-order valence-electron chi connectivity index (χ2n) is 7.32. The third-order valence-electron chi connectivity index (χ3n) is 4.93. The van der Waals surface area contributed by atoms with Crippen LogP contribution in [0, 0.1) is 0 Å². The minimum Gasteiger partial charge on any atom is -0.484 e. The Labute approximate surface area is 197 Å². The molecule has 2 atom stereocenters. The van der Waals surface area contributed by atoms with Gasteiger partial charge in [0.25, 0.3) is 0 Å². The number of hydrogen-bond donors (Lipinski definition) is 2. The summed E-state index contributed by atoms with van der Waals surface area (Å²) in [4.78, 5) is 8.52. The van der Waals surface area contributed by atoms with Crippen molar-refractivity contribution in [2.24, 2.45) is 0 Å². The second kappa shape index (κ2) is 10.4. The van der Waals surface area contributed by atoms with Crippen LogP contribution in [0.3, 0.4) is 0 Å². The van der Waals surface area contributed by atoms with Crippen molar-refractivity contribution in [1.82, 2.24) is 19.7 Å². The predicted octanol–water partition coefficient (Wildman–Crippen LogP) is 3.77. The molecule has 0 amide bonds. The highest BCUT2D eigenvalue weighted by molar-refractivity contribution is 6.22. The molecule has 2 heterocycles. The van der Waals surface area contributed by atoms with Gasteiger partial charge >= 0.3 is 6.18 Å². The van der Waals surface area contributed by atoms with Gasteiger partial charge in [0.2, 0.25) is 0 Å². The van der Waals surface area contributed by atoms with Crippen molar-refractivity contribution in [3.63, 3.8) is 0 Å². The molecule has 2 N–H and O–H groups in total. The number of aliphatic hydroxyl groups is 1. The lowest BCUT2D eigenvalue weighted by Gasteiger charge is -2.23. The molecule has 3 aromatic rings. The smallest absolute Gasteiger partial charge is 0.416 e. The number of hydrogen-bond acceptors (Lipinski definition) is 7. The number of aliphatic hydroxyl groups excluding tert-OH is 1. The highest BCUT2D eigenvalue weighted by Crippen LogP contribution is 2.32. The van der Waals surface area contributed by atoms with Crippen LogP contribution in [0.15, 0.2) is 60.7 Å². The first-order chi connectivity index (χ1) is 16.3. The second-order valence-corrected chi connectivity index (χ2v) is 7.82. The highest BCUT2D eigenvalue weighted by atomic mass is 35.5. The predicted molar refractivity (Wildman–Crippen MR) is 120 cm³/mol. The maximum Gasteiger partial charge on any atom is 0.416 e. The van der Waals surface area contributed by atoms with Crippen LogP contribution in [0.2, 0.25) is 0 Å². The molecule has 0 spiro atoms. The molecule has 0 fully saturated rings. The fraction of sp³-hybridized carbons (Fsp3) is 0.318. The van der Waals surface area contributed by atoms with Gasteiger partial charge in [0.05, 0.1) is 43.5 Å². The number of aromatic nitrogens is 4. The Bertz CT molecular complexity index is 1200. The fourth-order valence-electron chi connectivity index (χ4n) is 3.36. The lowest BCUT2D eigenvalue weighted by atomic mass is 10.1. The van der Waals surface area contributed by atoms with Gasteiger partial charge in [-0.1, -0.05) is 6.07 Å². The topological polar surface area (TPSA) is 94.3 Å². The summed E-state index contributed by atoms with van der Waals surface area (Å²) in [6.45, 7) is 0.964. The lowest BCUT2D eigenvalue weighted by Crippen LogP contribution is -2.27. The molecule has 1 aromatic carbocycles. The molecule has 0 saturated carbocycles. The van der Waals surface area contributed by atoms with Crippen LogP contribution in [0.25, 0.3) is 11.0 Å². The van der Waals surface area contributed by atoms with Gasteiger partial charge < -0.3 is 19.9 Å². The zero-order valence-electron chi connectivity index (χ0n) is 17.7. The van der Waals surface area contributed by atoms with Gasteiger partial charge in [-0.25, -0.2) is 9.97 Å². The van der Waals surface area contributed by atoms with E-state index in [9.17, 15) is 13.2 Å². The number of nitrogens with one attached hydrogen (secondary N) is 1. The van der Waals surface area contributed by atoms with Crippen LogP contribution in [0.4, 0.5) is 19.0 Å². The molecule has 8 nitrogen and oxygen atoms in total. The van der Waals surface area contributed by atoms with Gasteiger partial charge in [-0.05, 0) is 36.4 Å². The van der Waals surface area contributed by atoms with E-state index >= 15 is 0 Å². The zero-order valence-corrected chi connectivity index (χ0v) is 18.5. The third-order valence-corrected chi connectivity index (χ3v) is 5.30. The Balaban J connectivity index is 1.46. The number of nitrogens with zero attached hydrogens (tertiary/aromatic N) is 4. The summed E-state index contributed by atoms with van der Waals surface area (Å²) in [5.41, 5.74) is 1.14. The molecule has 180 valence electrons. The van der Waals surface area contributed by atoms with E-state index in [1.165, 1.54) is 18.5 Å². The summed E-state index contributed by atoms with van der Waals surface area (Å²) in [6, 6.07) is 4.66. The van der Waals surface area contributed by atoms with Crippen molar-refractivity contribution in [3.05, 3.63) is 66.3 Å². The molecule has 0 radical (unpaired) electrons. The van der Waals surface area contributed by atoms with Crippen LogP contribution in [-0.2, 0) is 17.5 Å². The van der Waals surface area contributed by atoms with Crippen LogP contribution >= 0.6 is 11.6 Å². The molecule has 2 aromatic heterocycles. The quantitative estimate of drug-likeness (QED) is 0.344. The van der Waals surface area contributed by atoms with Gasteiger partial charge in [-0.2, -0.15) is 18.3 Å². The van der Waals surface area contributed by atoms with Gasteiger partial charge in [-0.3, -0.25) is 4.68 Å². The maximum absolute atomic E-state index is 13.0. The first-order valence-electron chi connectivity index (χ1n) is 10.4. The zero-order chi connectivity index (χ0) is 24.1. The summed E-state index contributed by atoms with van der Waals surface area (Å²) in [5.74, 6) is 0.575. The minimum atomic E-state index is -4.46. The SMILES string of the molecule is OCCOCCn1ncc2ncnc(NC3=CC(Cl)C(Oc4cccc(C(F)(F)F)c4)C=C3)c21. The molecule has 0 bridgehead atoms. The monoisotopic (exact) mass is 495 g/mol. The van der Waals surface area contributed by atoms with E-state index in [1.807, 2.05) is 0 Å². The van der Waals surface area contributed by atoms with Crippen LogP contribution in [0.5, 0.6) is 5.75 Å². The summed E-state index contributed by atoms with van der Waals surface area (Å²) in [5, 5.41) is 15.7. The number of ether oxygens (including phenoxy) is 2. The molecule has 0 aliphatic heterocycles. The highest BCUT2D eigenvalue weighted by Gasteiger charge is 2.31. The number of alkyl halides is 4. The standard InChI is InChI=1S/C22H21ClF3N5O3/c23-17-11-15(4-5-19(17)34-16-3-1-2-14(10-16)22(24,25)26)30-21-20-18(27-13-28-21)12-29-31(20)6-8-33-9-7-32/h1-5,10-13,17,19,32H,6-9H2,(H,27,28,30). The minimum absolute atomic E-state index is 0.0612.